The molecule has 0 aromatic carbocycles. The predicted molar refractivity (Wildman–Crippen MR) is 79.2 cm³/mol. The summed E-state index contributed by atoms with van der Waals surface area (Å²) in [5, 5.41) is 66.1. The van der Waals surface area contributed by atoms with E-state index >= 15 is 0 Å². The van der Waals surface area contributed by atoms with E-state index in [1.54, 1.807) is 14.1 Å². The quantitative estimate of drug-likeness (QED) is 0.189. The number of likely N-dealkylation sites (N-methyl/N-ethyl adjacent to an activating group) is 2. The second kappa shape index (κ2) is 9.71. The molecule has 0 radical (unpaired) electrons. The van der Waals surface area contributed by atoms with E-state index in [0.29, 0.717) is 0 Å². The van der Waals surface area contributed by atoms with Gasteiger partial charge in [0, 0.05) is 13.1 Å². The largest absolute Gasteiger partial charge is 0.394 e. The summed E-state index contributed by atoms with van der Waals surface area (Å²) in [5.41, 5.74) is -2.50. The number of aliphatic hydroxyl groups is 7. The van der Waals surface area contributed by atoms with E-state index in [9.17, 15) is 35.7 Å². The molecule has 9 heteroatoms. The Balaban J connectivity index is 4.77. The van der Waals surface area contributed by atoms with Crippen LogP contribution in [0.1, 0.15) is 0 Å². The molecule has 0 aliphatic carbocycles. The lowest BCUT2D eigenvalue weighted by molar-refractivity contribution is -0.0720. The maximum atomic E-state index is 10.1. The van der Waals surface area contributed by atoms with Crippen LogP contribution in [0.25, 0.3) is 0 Å². The van der Waals surface area contributed by atoms with Crippen LogP contribution in [0.3, 0.4) is 0 Å². The van der Waals surface area contributed by atoms with Gasteiger partial charge in [-0.2, -0.15) is 0 Å². The normalized spacial score (nSPS) is 13.6. The molecule has 0 bridgehead atoms. The van der Waals surface area contributed by atoms with Gasteiger partial charge in [-0.25, -0.2) is 0 Å². The van der Waals surface area contributed by atoms with Crippen LogP contribution in [-0.4, -0.2) is 130 Å². The molecule has 0 saturated heterocycles. The van der Waals surface area contributed by atoms with Crippen molar-refractivity contribution in [1.29, 1.82) is 0 Å². The van der Waals surface area contributed by atoms with E-state index in [-0.39, 0.29) is 13.1 Å². The van der Waals surface area contributed by atoms with Crippen LogP contribution in [0.5, 0.6) is 0 Å². The molecule has 0 aliphatic heterocycles. The first kappa shape index (κ1) is 21.6. The van der Waals surface area contributed by atoms with Crippen LogP contribution < -0.4 is 0 Å². The molecule has 9 nitrogen and oxygen atoms in total. The molecule has 0 fully saturated rings. The van der Waals surface area contributed by atoms with Crippen molar-refractivity contribution in [3.05, 3.63) is 0 Å². The Hall–Kier alpha value is -0.360. The molecule has 7 N–H and O–H groups in total. The fraction of sp³-hybridized carbons (Fsp3) is 1.00. The van der Waals surface area contributed by atoms with E-state index < -0.39 is 56.8 Å². The van der Waals surface area contributed by atoms with Gasteiger partial charge >= 0.3 is 0 Å². The van der Waals surface area contributed by atoms with Crippen molar-refractivity contribution in [3.8, 4) is 0 Å². The van der Waals surface area contributed by atoms with Crippen molar-refractivity contribution >= 4 is 0 Å². The zero-order chi connectivity index (χ0) is 17.4. The van der Waals surface area contributed by atoms with Crippen molar-refractivity contribution in [2.75, 3.05) is 66.8 Å². The number of aliphatic hydroxyl groups excluding tert-OH is 7. The van der Waals surface area contributed by atoms with Crippen molar-refractivity contribution in [2.45, 2.75) is 17.2 Å². The Bertz CT molecular complexity index is 254. The van der Waals surface area contributed by atoms with Crippen LogP contribution in [0.2, 0.25) is 0 Å². The van der Waals surface area contributed by atoms with Crippen LogP contribution >= 0.6 is 0 Å². The second-order valence-electron chi connectivity index (χ2n) is 5.81. The lowest BCUT2D eigenvalue weighted by Crippen LogP contribution is -2.60. The first-order valence-electron chi connectivity index (χ1n) is 7.07. The predicted octanol–water partition coefficient (Wildman–Crippen LogP) is -4.36. The first-order valence-corrected chi connectivity index (χ1v) is 7.07. The SMILES string of the molecule is CN(CC(O)CN(C)C(CO)(CO)CO)C(CO)(CO)CO. The van der Waals surface area contributed by atoms with E-state index in [0.717, 1.165) is 0 Å². The molecule has 0 unspecified atom stereocenters. The molecule has 22 heavy (non-hydrogen) atoms. The Morgan fingerprint density at radius 2 is 0.864 bits per heavy atom. The molecule has 0 aromatic heterocycles. The van der Waals surface area contributed by atoms with E-state index in [2.05, 4.69) is 0 Å². The van der Waals surface area contributed by atoms with Gasteiger partial charge < -0.3 is 35.7 Å². The summed E-state index contributed by atoms with van der Waals surface area (Å²) in [6, 6.07) is 0. The zero-order valence-corrected chi connectivity index (χ0v) is 13.3. The number of hydrogen-bond donors (Lipinski definition) is 7. The average Bonchev–Trinajstić information content (AvgIpc) is 2.51. The Labute approximate surface area is 130 Å². The number of β-amino-alcohol motifs (C(OH)–C–C–N with tert-alkyl or cyclic N) is 1. The highest BCUT2D eigenvalue weighted by atomic mass is 16.3. The molecule has 0 aliphatic rings. The Morgan fingerprint density at radius 1 is 0.636 bits per heavy atom. The summed E-state index contributed by atoms with van der Waals surface area (Å²) in [6.45, 7) is -2.81. The van der Waals surface area contributed by atoms with Crippen molar-refractivity contribution < 1.29 is 35.7 Å². The Kier molecular flexibility index (Phi) is 9.55. The van der Waals surface area contributed by atoms with Gasteiger partial charge in [-0.15, -0.1) is 0 Å². The van der Waals surface area contributed by atoms with Crippen LogP contribution in [0.15, 0.2) is 0 Å². The van der Waals surface area contributed by atoms with E-state index in [1.807, 2.05) is 0 Å². The first-order chi connectivity index (χ1) is 10.3. The molecular formula is C13H30N2O7. The molecular weight excluding hydrogens is 296 g/mol. The van der Waals surface area contributed by atoms with E-state index in [4.69, 9.17) is 0 Å². The van der Waals surface area contributed by atoms with Crippen molar-refractivity contribution in [1.82, 2.24) is 9.80 Å². The zero-order valence-electron chi connectivity index (χ0n) is 13.3. The molecule has 0 amide bonds. The molecule has 0 saturated carbocycles. The highest BCUT2D eigenvalue weighted by Crippen LogP contribution is 2.15. The summed E-state index contributed by atoms with van der Waals surface area (Å²) in [5.74, 6) is 0. The number of hydrogen-bond acceptors (Lipinski definition) is 9. The minimum Gasteiger partial charge on any atom is -0.394 e. The maximum absolute atomic E-state index is 10.1. The van der Waals surface area contributed by atoms with Gasteiger partial charge in [-0.1, -0.05) is 0 Å². The standard InChI is InChI=1S/C13H30N2O7/c1-14(12(5-16,6-17)7-18)3-11(22)4-15(2)13(8-19,9-20)10-21/h11,16-22H,3-10H2,1-2H3. The monoisotopic (exact) mass is 326 g/mol. The van der Waals surface area contributed by atoms with E-state index in [1.165, 1.54) is 9.80 Å². The summed E-state index contributed by atoms with van der Waals surface area (Å²) < 4.78 is 0. The van der Waals surface area contributed by atoms with Crippen LogP contribution in [-0.2, 0) is 0 Å². The number of nitrogens with zero attached hydrogens (tertiary/aromatic N) is 2. The van der Waals surface area contributed by atoms with Crippen LogP contribution in [0.4, 0.5) is 0 Å². The third kappa shape index (κ3) is 4.82. The molecule has 134 valence electrons. The van der Waals surface area contributed by atoms with Gasteiger partial charge in [0.15, 0.2) is 0 Å². The van der Waals surface area contributed by atoms with Gasteiger partial charge in [-0.05, 0) is 14.1 Å². The molecule has 0 aromatic rings. The third-order valence-corrected chi connectivity index (χ3v) is 4.35. The minimum atomic E-state index is -1.25. The summed E-state index contributed by atoms with van der Waals surface area (Å²) >= 11 is 0. The average molecular weight is 326 g/mol. The third-order valence-electron chi connectivity index (χ3n) is 4.35. The van der Waals surface area contributed by atoms with Gasteiger partial charge in [0.05, 0.1) is 56.8 Å². The van der Waals surface area contributed by atoms with Gasteiger partial charge in [0.25, 0.3) is 0 Å². The topological polar surface area (TPSA) is 148 Å². The summed E-state index contributed by atoms with van der Waals surface area (Å²) in [6.07, 6.45) is -0.956. The minimum absolute atomic E-state index is 0.0321. The highest BCUT2D eigenvalue weighted by molar-refractivity contribution is 4.91. The summed E-state index contributed by atoms with van der Waals surface area (Å²) in [4.78, 5) is 2.90. The van der Waals surface area contributed by atoms with Crippen LogP contribution in [0, 0.1) is 0 Å². The summed E-state index contributed by atoms with van der Waals surface area (Å²) in [7, 11) is 3.09. The number of rotatable bonds is 12. The highest BCUT2D eigenvalue weighted by Gasteiger charge is 2.36. The Morgan fingerprint density at radius 3 is 1.05 bits per heavy atom. The van der Waals surface area contributed by atoms with Crippen molar-refractivity contribution in [3.63, 3.8) is 0 Å². The molecule has 0 rings (SSSR count). The van der Waals surface area contributed by atoms with Crippen molar-refractivity contribution in [2.24, 2.45) is 0 Å². The van der Waals surface area contributed by atoms with Gasteiger partial charge in [-0.3, -0.25) is 9.80 Å². The molecule has 0 spiro atoms. The smallest absolute Gasteiger partial charge is 0.0904 e. The maximum Gasteiger partial charge on any atom is 0.0904 e. The fourth-order valence-corrected chi connectivity index (χ4v) is 2.10. The van der Waals surface area contributed by atoms with Gasteiger partial charge in [0.1, 0.15) is 0 Å². The lowest BCUT2D eigenvalue weighted by atomic mass is 9.99. The second-order valence-corrected chi connectivity index (χ2v) is 5.81. The molecule has 0 heterocycles. The fourth-order valence-electron chi connectivity index (χ4n) is 2.10. The lowest BCUT2D eigenvalue weighted by Gasteiger charge is -2.41. The molecule has 0 atom stereocenters. The van der Waals surface area contributed by atoms with Gasteiger partial charge in [0.2, 0.25) is 0 Å².